The van der Waals surface area contributed by atoms with Gasteiger partial charge >= 0.3 is 0 Å². The number of Topliss-reactive ketones (excluding diaryl/α,β-unsaturated/α-hetero) is 1. The highest BCUT2D eigenvalue weighted by Crippen LogP contribution is 2.26. The highest BCUT2D eigenvalue weighted by atomic mass is 32.1. The monoisotopic (exact) mass is 237 g/mol. The summed E-state index contributed by atoms with van der Waals surface area (Å²) in [4.78, 5) is 15.8. The lowest BCUT2D eigenvalue weighted by Gasteiger charge is -2.19. The minimum atomic E-state index is 0.446. The number of hydrogen-bond donors (Lipinski definition) is 0. The van der Waals surface area contributed by atoms with Crippen LogP contribution in [0.2, 0.25) is 0 Å². The predicted molar refractivity (Wildman–Crippen MR) is 66.8 cm³/mol. The number of carbonyl (C=O) groups excluding carboxylic acids is 1. The number of aryl methyl sites for hydroxylation is 1. The zero-order valence-electron chi connectivity index (χ0n) is 9.87. The molecule has 0 aromatic carbocycles. The normalized spacial score (nSPS) is 17.9. The van der Waals surface area contributed by atoms with Gasteiger partial charge in [-0.05, 0) is 25.2 Å². The highest BCUT2D eigenvalue weighted by molar-refractivity contribution is 7.09. The van der Waals surface area contributed by atoms with Crippen LogP contribution >= 0.6 is 11.3 Å². The van der Waals surface area contributed by atoms with Crippen LogP contribution < -0.4 is 0 Å². The summed E-state index contributed by atoms with van der Waals surface area (Å²) in [5.41, 5.74) is 1.24. The third-order valence-corrected chi connectivity index (χ3v) is 4.15. The minimum Gasteiger partial charge on any atom is -0.300 e. The summed E-state index contributed by atoms with van der Waals surface area (Å²) in [6, 6.07) is 0. The first-order valence-corrected chi connectivity index (χ1v) is 7.11. The molecule has 88 valence electrons. The smallest absolute Gasteiger partial charge is 0.132 e. The number of hydrogen-bond acceptors (Lipinski definition) is 3. The summed E-state index contributed by atoms with van der Waals surface area (Å²) in [7, 11) is 0. The van der Waals surface area contributed by atoms with Crippen LogP contribution in [0.3, 0.4) is 0 Å². The number of ketones is 1. The molecule has 0 bridgehead atoms. The first-order valence-electron chi connectivity index (χ1n) is 6.23. The molecule has 2 rings (SSSR count). The molecular weight excluding hydrogens is 218 g/mol. The summed E-state index contributed by atoms with van der Waals surface area (Å²) in [6.07, 6.45) is 7.07. The van der Waals surface area contributed by atoms with Crippen molar-refractivity contribution >= 4 is 17.1 Å². The Balaban J connectivity index is 1.86. The van der Waals surface area contributed by atoms with Gasteiger partial charge in [-0.3, -0.25) is 4.79 Å². The van der Waals surface area contributed by atoms with Crippen LogP contribution in [0, 0.1) is 5.92 Å². The molecule has 0 radical (unpaired) electrons. The molecule has 0 atom stereocenters. The highest BCUT2D eigenvalue weighted by Gasteiger charge is 2.19. The standard InChI is InChI=1S/C13H19NOS/c1-2-3-11-9-16-13(14-11)8-10-4-6-12(15)7-5-10/h9-10H,2-8H2,1H3. The molecule has 0 saturated heterocycles. The van der Waals surface area contributed by atoms with E-state index in [-0.39, 0.29) is 0 Å². The molecule has 0 spiro atoms. The van der Waals surface area contributed by atoms with Gasteiger partial charge in [-0.1, -0.05) is 13.3 Å². The van der Waals surface area contributed by atoms with Gasteiger partial charge in [-0.15, -0.1) is 11.3 Å². The Morgan fingerprint density at radius 2 is 2.19 bits per heavy atom. The second-order valence-electron chi connectivity index (χ2n) is 4.67. The van der Waals surface area contributed by atoms with Crippen molar-refractivity contribution < 1.29 is 4.79 Å². The maximum atomic E-state index is 11.1. The van der Waals surface area contributed by atoms with Crippen LogP contribution in [0.15, 0.2) is 5.38 Å². The van der Waals surface area contributed by atoms with E-state index in [1.807, 2.05) is 0 Å². The minimum absolute atomic E-state index is 0.446. The van der Waals surface area contributed by atoms with Gasteiger partial charge in [0.15, 0.2) is 0 Å². The largest absolute Gasteiger partial charge is 0.300 e. The fourth-order valence-corrected chi connectivity index (χ4v) is 3.21. The molecule has 0 aliphatic heterocycles. The van der Waals surface area contributed by atoms with E-state index in [0.717, 1.165) is 38.5 Å². The van der Waals surface area contributed by atoms with E-state index in [9.17, 15) is 4.79 Å². The maximum absolute atomic E-state index is 11.1. The summed E-state index contributed by atoms with van der Waals surface area (Å²) < 4.78 is 0. The van der Waals surface area contributed by atoms with E-state index in [1.54, 1.807) is 11.3 Å². The van der Waals surface area contributed by atoms with Crippen LogP contribution in [-0.4, -0.2) is 10.8 Å². The molecule has 1 fully saturated rings. The summed E-state index contributed by atoms with van der Waals surface area (Å²) in [5, 5.41) is 3.45. The van der Waals surface area contributed by atoms with E-state index >= 15 is 0 Å². The van der Waals surface area contributed by atoms with Crippen molar-refractivity contribution in [3.05, 3.63) is 16.1 Å². The summed E-state index contributed by atoms with van der Waals surface area (Å²) in [6.45, 7) is 2.19. The fourth-order valence-electron chi connectivity index (χ4n) is 2.26. The van der Waals surface area contributed by atoms with Crippen molar-refractivity contribution in [2.24, 2.45) is 5.92 Å². The van der Waals surface area contributed by atoms with Crippen molar-refractivity contribution in [2.75, 3.05) is 0 Å². The molecule has 1 aliphatic rings. The van der Waals surface area contributed by atoms with Gasteiger partial charge in [0.25, 0.3) is 0 Å². The van der Waals surface area contributed by atoms with Crippen molar-refractivity contribution in [1.29, 1.82) is 0 Å². The van der Waals surface area contributed by atoms with E-state index < -0.39 is 0 Å². The molecule has 1 aromatic heterocycles. The fraction of sp³-hybridized carbons (Fsp3) is 0.692. The third-order valence-electron chi connectivity index (χ3n) is 3.23. The summed E-state index contributed by atoms with van der Waals surface area (Å²) >= 11 is 1.79. The van der Waals surface area contributed by atoms with Gasteiger partial charge in [0.2, 0.25) is 0 Å². The Hall–Kier alpha value is -0.700. The molecule has 3 heteroatoms. The molecule has 0 unspecified atom stereocenters. The van der Waals surface area contributed by atoms with E-state index in [0.29, 0.717) is 11.7 Å². The Bertz CT molecular complexity index is 349. The second kappa shape index (κ2) is 5.58. The number of thiazole rings is 1. The average molecular weight is 237 g/mol. The van der Waals surface area contributed by atoms with Crippen molar-refractivity contribution in [3.8, 4) is 0 Å². The lowest BCUT2D eigenvalue weighted by Crippen LogP contribution is -2.15. The number of rotatable bonds is 4. The molecule has 1 saturated carbocycles. The number of carbonyl (C=O) groups is 1. The van der Waals surface area contributed by atoms with Gasteiger partial charge in [-0.25, -0.2) is 4.98 Å². The lowest BCUT2D eigenvalue weighted by atomic mass is 9.86. The molecular formula is C13H19NOS. The molecule has 16 heavy (non-hydrogen) atoms. The van der Waals surface area contributed by atoms with Gasteiger partial charge < -0.3 is 0 Å². The van der Waals surface area contributed by atoms with Crippen LogP contribution in [0.4, 0.5) is 0 Å². The first-order chi connectivity index (χ1) is 7.78. The Labute approximate surface area is 101 Å². The number of nitrogens with zero attached hydrogens (tertiary/aromatic N) is 1. The topological polar surface area (TPSA) is 30.0 Å². The zero-order chi connectivity index (χ0) is 11.4. The SMILES string of the molecule is CCCc1csc(CC2CCC(=O)CC2)n1. The summed E-state index contributed by atoms with van der Waals surface area (Å²) in [5.74, 6) is 1.14. The third kappa shape index (κ3) is 3.14. The molecule has 0 N–H and O–H groups in total. The quantitative estimate of drug-likeness (QED) is 0.803. The van der Waals surface area contributed by atoms with E-state index in [1.165, 1.54) is 17.1 Å². The molecule has 2 nitrogen and oxygen atoms in total. The molecule has 1 aliphatic carbocycles. The molecule has 0 amide bonds. The van der Waals surface area contributed by atoms with Gasteiger partial charge in [0.05, 0.1) is 10.7 Å². The maximum Gasteiger partial charge on any atom is 0.132 e. The van der Waals surface area contributed by atoms with Crippen molar-refractivity contribution in [3.63, 3.8) is 0 Å². The second-order valence-corrected chi connectivity index (χ2v) is 5.61. The average Bonchev–Trinajstić information content (AvgIpc) is 2.70. The predicted octanol–water partition coefficient (Wildman–Crippen LogP) is 3.40. The van der Waals surface area contributed by atoms with E-state index in [2.05, 4.69) is 17.3 Å². The Morgan fingerprint density at radius 3 is 2.88 bits per heavy atom. The van der Waals surface area contributed by atoms with Gasteiger partial charge in [0, 0.05) is 24.6 Å². The van der Waals surface area contributed by atoms with E-state index in [4.69, 9.17) is 0 Å². The lowest BCUT2D eigenvalue weighted by molar-refractivity contribution is -0.121. The van der Waals surface area contributed by atoms with Crippen LogP contribution in [0.25, 0.3) is 0 Å². The van der Waals surface area contributed by atoms with Crippen molar-refractivity contribution in [1.82, 2.24) is 4.98 Å². The van der Waals surface area contributed by atoms with Crippen LogP contribution in [-0.2, 0) is 17.6 Å². The Kier molecular flexibility index (Phi) is 4.10. The van der Waals surface area contributed by atoms with Crippen LogP contribution in [0.5, 0.6) is 0 Å². The first kappa shape index (κ1) is 11.8. The Morgan fingerprint density at radius 1 is 1.44 bits per heavy atom. The molecule has 1 heterocycles. The zero-order valence-corrected chi connectivity index (χ0v) is 10.7. The molecule has 1 aromatic rings. The van der Waals surface area contributed by atoms with Gasteiger partial charge in [-0.2, -0.15) is 0 Å². The number of aromatic nitrogens is 1. The van der Waals surface area contributed by atoms with Gasteiger partial charge in [0.1, 0.15) is 5.78 Å². The van der Waals surface area contributed by atoms with Crippen molar-refractivity contribution in [2.45, 2.75) is 51.9 Å². The van der Waals surface area contributed by atoms with Crippen LogP contribution in [0.1, 0.15) is 49.7 Å².